The summed E-state index contributed by atoms with van der Waals surface area (Å²) in [6, 6.07) is 12.1. The summed E-state index contributed by atoms with van der Waals surface area (Å²) < 4.78 is 31.0. The summed E-state index contributed by atoms with van der Waals surface area (Å²) in [6.07, 6.45) is 1.70. The van der Waals surface area contributed by atoms with Gasteiger partial charge in [0, 0.05) is 24.4 Å². The molecule has 2 aromatic carbocycles. The fourth-order valence-corrected chi connectivity index (χ4v) is 2.21. The maximum atomic E-state index is 13.1. The Hall–Kier alpha value is -3.55. The molecule has 2 rings (SSSR count). The highest BCUT2D eigenvalue weighted by atomic mass is 19.2. The number of benzene rings is 2. The van der Waals surface area contributed by atoms with Gasteiger partial charge in [-0.1, -0.05) is 30.3 Å². The Balaban J connectivity index is 1.71. The van der Waals surface area contributed by atoms with Gasteiger partial charge in [0.05, 0.1) is 6.42 Å². The van der Waals surface area contributed by atoms with Crippen LogP contribution < -0.4 is 10.6 Å². The van der Waals surface area contributed by atoms with E-state index in [9.17, 15) is 23.2 Å². The first-order chi connectivity index (χ1) is 13.8. The normalized spacial score (nSPS) is 11.7. The topological polar surface area (TPSA) is 84.5 Å². The summed E-state index contributed by atoms with van der Waals surface area (Å²) in [6.45, 7) is 1.38. The first kappa shape index (κ1) is 21.7. The van der Waals surface area contributed by atoms with Crippen LogP contribution in [-0.4, -0.2) is 30.4 Å². The van der Waals surface area contributed by atoms with Gasteiger partial charge in [0.25, 0.3) is 5.91 Å². The smallest absolute Gasteiger partial charge is 0.308 e. The van der Waals surface area contributed by atoms with Crippen LogP contribution in [0.5, 0.6) is 0 Å². The van der Waals surface area contributed by atoms with Crippen molar-refractivity contribution in [1.29, 1.82) is 0 Å². The Kier molecular flexibility index (Phi) is 8.02. The van der Waals surface area contributed by atoms with E-state index in [2.05, 4.69) is 10.6 Å². The van der Waals surface area contributed by atoms with Crippen molar-refractivity contribution >= 4 is 29.5 Å². The molecule has 0 spiro atoms. The molecule has 2 aromatic rings. The maximum Gasteiger partial charge on any atom is 0.308 e. The molecule has 0 aromatic heterocycles. The molecule has 0 aliphatic carbocycles. The first-order valence-corrected chi connectivity index (χ1v) is 8.81. The minimum absolute atomic E-state index is 0.0360. The lowest BCUT2D eigenvalue weighted by Crippen LogP contribution is -2.31. The van der Waals surface area contributed by atoms with Gasteiger partial charge in [-0.2, -0.15) is 0 Å². The molecule has 0 bridgehead atoms. The average Bonchev–Trinajstić information content (AvgIpc) is 2.70. The van der Waals surface area contributed by atoms with Gasteiger partial charge in [0.15, 0.2) is 17.7 Å². The summed E-state index contributed by atoms with van der Waals surface area (Å²) in [5.41, 5.74) is 0.900. The van der Waals surface area contributed by atoms with Crippen LogP contribution >= 0.6 is 0 Å². The van der Waals surface area contributed by atoms with E-state index in [0.717, 1.165) is 17.7 Å². The summed E-state index contributed by atoms with van der Waals surface area (Å²) >= 11 is 0. The lowest BCUT2D eigenvalue weighted by atomic mass is 10.2. The van der Waals surface area contributed by atoms with Gasteiger partial charge in [0.1, 0.15) is 0 Å². The zero-order valence-electron chi connectivity index (χ0n) is 15.7. The van der Waals surface area contributed by atoms with Crippen LogP contribution in [0.2, 0.25) is 0 Å². The largest absolute Gasteiger partial charge is 0.452 e. The van der Waals surface area contributed by atoms with Crippen molar-refractivity contribution in [3.8, 4) is 0 Å². The second kappa shape index (κ2) is 10.7. The minimum atomic E-state index is -1.15. The summed E-state index contributed by atoms with van der Waals surface area (Å²) in [7, 11) is 0. The van der Waals surface area contributed by atoms with Crippen molar-refractivity contribution in [3.63, 3.8) is 0 Å². The standard InChI is InChI=1S/C21H20F2N2O4/c1-14(21(28)25-16-8-9-17(22)18(23)13-16)29-20(27)11-12-24-19(26)10-7-15-5-3-2-4-6-15/h2-10,13-14H,11-12H2,1H3,(H,24,26)(H,25,28)/b10-7+/t14-/m0/s1. The predicted molar refractivity (Wildman–Crippen MR) is 104 cm³/mol. The molecule has 1 atom stereocenters. The Labute approximate surface area is 166 Å². The second-order valence-electron chi connectivity index (χ2n) is 6.04. The molecule has 2 amide bonds. The molecule has 0 heterocycles. The number of carbonyl (C=O) groups is 3. The highest BCUT2D eigenvalue weighted by molar-refractivity contribution is 5.95. The van der Waals surface area contributed by atoms with Gasteiger partial charge in [-0.05, 0) is 30.7 Å². The van der Waals surface area contributed by atoms with Crippen LogP contribution in [0.1, 0.15) is 18.9 Å². The van der Waals surface area contributed by atoms with E-state index in [1.54, 1.807) is 6.08 Å². The highest BCUT2D eigenvalue weighted by Crippen LogP contribution is 2.13. The summed E-state index contributed by atoms with van der Waals surface area (Å²) in [5, 5.41) is 4.85. The minimum Gasteiger partial charge on any atom is -0.452 e. The van der Waals surface area contributed by atoms with E-state index >= 15 is 0 Å². The summed E-state index contributed by atoms with van der Waals surface area (Å²) in [4.78, 5) is 35.5. The number of hydrogen-bond donors (Lipinski definition) is 2. The third-order valence-corrected chi connectivity index (χ3v) is 3.72. The van der Waals surface area contributed by atoms with Crippen LogP contribution in [-0.2, 0) is 19.1 Å². The number of ether oxygens (including phenoxy) is 1. The molecule has 8 heteroatoms. The lowest BCUT2D eigenvalue weighted by Gasteiger charge is -2.13. The molecule has 0 fully saturated rings. The van der Waals surface area contributed by atoms with E-state index in [1.807, 2.05) is 30.3 Å². The van der Waals surface area contributed by atoms with Gasteiger partial charge in [-0.3, -0.25) is 14.4 Å². The molecular weight excluding hydrogens is 382 g/mol. The van der Waals surface area contributed by atoms with Gasteiger partial charge in [-0.25, -0.2) is 8.78 Å². The zero-order valence-corrected chi connectivity index (χ0v) is 15.7. The molecule has 0 unspecified atom stereocenters. The maximum absolute atomic E-state index is 13.1. The number of anilines is 1. The van der Waals surface area contributed by atoms with E-state index < -0.39 is 29.6 Å². The Morgan fingerprint density at radius 1 is 1.07 bits per heavy atom. The number of amides is 2. The average molecular weight is 402 g/mol. The van der Waals surface area contributed by atoms with E-state index in [1.165, 1.54) is 19.1 Å². The number of rotatable bonds is 8. The van der Waals surface area contributed by atoms with Crippen molar-refractivity contribution in [2.75, 3.05) is 11.9 Å². The number of nitrogens with one attached hydrogen (secondary N) is 2. The zero-order chi connectivity index (χ0) is 21.2. The van der Waals surface area contributed by atoms with Crippen LogP contribution in [0.25, 0.3) is 6.08 Å². The molecule has 2 N–H and O–H groups in total. The predicted octanol–water partition coefficient (Wildman–Crippen LogP) is 3.05. The monoisotopic (exact) mass is 402 g/mol. The third kappa shape index (κ3) is 7.53. The van der Waals surface area contributed by atoms with Crippen molar-refractivity contribution in [2.45, 2.75) is 19.4 Å². The molecule has 0 saturated carbocycles. The Morgan fingerprint density at radius 2 is 1.79 bits per heavy atom. The number of hydrogen-bond acceptors (Lipinski definition) is 4. The fourth-order valence-electron chi connectivity index (χ4n) is 2.21. The van der Waals surface area contributed by atoms with Crippen LogP contribution in [0.4, 0.5) is 14.5 Å². The van der Waals surface area contributed by atoms with Crippen LogP contribution in [0, 0.1) is 11.6 Å². The van der Waals surface area contributed by atoms with Crippen molar-refractivity contribution in [3.05, 3.63) is 71.8 Å². The highest BCUT2D eigenvalue weighted by Gasteiger charge is 2.18. The molecule has 0 radical (unpaired) electrons. The summed E-state index contributed by atoms with van der Waals surface area (Å²) in [5.74, 6) is -3.90. The molecule has 0 aliphatic heterocycles. The van der Waals surface area contributed by atoms with Crippen molar-refractivity contribution in [2.24, 2.45) is 0 Å². The molecule has 152 valence electrons. The fraction of sp³-hybridized carbons (Fsp3) is 0.190. The molecule has 6 nitrogen and oxygen atoms in total. The second-order valence-corrected chi connectivity index (χ2v) is 6.04. The van der Waals surface area contributed by atoms with Gasteiger partial charge in [-0.15, -0.1) is 0 Å². The van der Waals surface area contributed by atoms with E-state index in [-0.39, 0.29) is 24.6 Å². The van der Waals surface area contributed by atoms with Crippen molar-refractivity contribution < 1.29 is 27.9 Å². The van der Waals surface area contributed by atoms with Gasteiger partial charge >= 0.3 is 5.97 Å². The van der Waals surface area contributed by atoms with E-state index in [0.29, 0.717) is 0 Å². The number of esters is 1. The van der Waals surface area contributed by atoms with Crippen LogP contribution in [0.3, 0.4) is 0 Å². The molecule has 0 saturated heterocycles. The molecule has 0 aliphatic rings. The lowest BCUT2D eigenvalue weighted by molar-refractivity contribution is -0.153. The first-order valence-electron chi connectivity index (χ1n) is 8.81. The molecular formula is C21H20F2N2O4. The van der Waals surface area contributed by atoms with Crippen molar-refractivity contribution in [1.82, 2.24) is 5.32 Å². The third-order valence-electron chi connectivity index (χ3n) is 3.72. The van der Waals surface area contributed by atoms with E-state index in [4.69, 9.17) is 4.74 Å². The SMILES string of the molecule is C[C@H](OC(=O)CCNC(=O)/C=C/c1ccccc1)C(=O)Nc1ccc(F)c(F)c1. The quantitative estimate of drug-likeness (QED) is 0.525. The number of halogens is 2. The Bertz CT molecular complexity index is 901. The Morgan fingerprint density at radius 3 is 2.48 bits per heavy atom. The van der Waals surface area contributed by atoms with Gasteiger partial charge in [0.2, 0.25) is 5.91 Å². The van der Waals surface area contributed by atoms with Crippen LogP contribution in [0.15, 0.2) is 54.6 Å². The van der Waals surface area contributed by atoms with Gasteiger partial charge < -0.3 is 15.4 Å². The number of carbonyl (C=O) groups excluding carboxylic acids is 3. The molecule has 29 heavy (non-hydrogen) atoms.